The number of halogens is 1. The van der Waals surface area contributed by atoms with E-state index in [1.54, 1.807) is 0 Å². The van der Waals surface area contributed by atoms with E-state index in [0.29, 0.717) is 12.6 Å². The van der Waals surface area contributed by atoms with E-state index in [0.717, 1.165) is 13.1 Å². The quantitative estimate of drug-likeness (QED) is 0.482. The molecule has 1 unspecified atom stereocenters. The molecule has 0 radical (unpaired) electrons. The lowest BCUT2D eigenvalue weighted by Gasteiger charge is -2.26. The summed E-state index contributed by atoms with van der Waals surface area (Å²) >= 11 is 0. The van der Waals surface area contributed by atoms with Gasteiger partial charge in [-0.2, -0.15) is 0 Å². The first-order valence-corrected chi connectivity index (χ1v) is 6.53. The highest BCUT2D eigenvalue weighted by Crippen LogP contribution is 2.25. The standard InChI is InChI=1S/C14H22N4.HI/c1-11-4-6-12(7-5-11)13(10-17-14(15)16)18-8-2-3-9-18;/h4-7,13H,2-3,8-10H2,1H3,(H4,15,16,17);1H. The molecule has 0 bridgehead atoms. The van der Waals surface area contributed by atoms with E-state index in [-0.39, 0.29) is 29.9 Å². The van der Waals surface area contributed by atoms with Crippen LogP contribution in [0, 0.1) is 6.92 Å². The Morgan fingerprint density at radius 3 is 2.32 bits per heavy atom. The van der Waals surface area contributed by atoms with Gasteiger partial charge in [0.15, 0.2) is 5.96 Å². The lowest BCUT2D eigenvalue weighted by molar-refractivity contribution is 0.252. The first kappa shape index (κ1) is 16.2. The van der Waals surface area contributed by atoms with Gasteiger partial charge in [0.25, 0.3) is 0 Å². The Bertz CT molecular complexity index is 406. The number of hydrogen-bond acceptors (Lipinski definition) is 2. The molecule has 0 aliphatic carbocycles. The number of aryl methyl sites for hydroxylation is 1. The number of benzene rings is 1. The molecule has 1 aromatic rings. The van der Waals surface area contributed by atoms with Crippen LogP contribution in [0.3, 0.4) is 0 Å². The minimum absolute atomic E-state index is 0. The highest BCUT2D eigenvalue weighted by atomic mass is 127. The second-order valence-electron chi connectivity index (χ2n) is 4.94. The molecule has 0 aromatic heterocycles. The molecular weight excluding hydrogens is 351 g/mol. The van der Waals surface area contributed by atoms with E-state index in [9.17, 15) is 0 Å². The van der Waals surface area contributed by atoms with Gasteiger partial charge in [-0.25, -0.2) is 0 Å². The van der Waals surface area contributed by atoms with E-state index < -0.39 is 0 Å². The minimum atomic E-state index is 0. The smallest absolute Gasteiger partial charge is 0.185 e. The number of nitrogens with zero attached hydrogens (tertiary/aromatic N) is 2. The number of guanidine groups is 1. The summed E-state index contributed by atoms with van der Waals surface area (Å²) in [4.78, 5) is 6.67. The van der Waals surface area contributed by atoms with Gasteiger partial charge in [0, 0.05) is 0 Å². The van der Waals surface area contributed by atoms with Crippen molar-refractivity contribution in [3.63, 3.8) is 0 Å². The fraction of sp³-hybridized carbons (Fsp3) is 0.500. The first-order chi connectivity index (χ1) is 8.66. The Kier molecular flexibility index (Phi) is 6.57. The van der Waals surface area contributed by atoms with Crippen LogP contribution in [0.15, 0.2) is 29.3 Å². The molecule has 0 spiro atoms. The highest BCUT2D eigenvalue weighted by molar-refractivity contribution is 14.0. The third-order valence-electron chi connectivity index (χ3n) is 3.49. The summed E-state index contributed by atoms with van der Waals surface area (Å²) in [7, 11) is 0. The Balaban J connectivity index is 0.00000180. The molecule has 1 atom stereocenters. The Labute approximate surface area is 132 Å². The van der Waals surface area contributed by atoms with Crippen LogP contribution < -0.4 is 11.5 Å². The molecule has 106 valence electrons. The van der Waals surface area contributed by atoms with Crippen molar-refractivity contribution in [3.8, 4) is 0 Å². The molecule has 5 heteroatoms. The first-order valence-electron chi connectivity index (χ1n) is 6.53. The fourth-order valence-corrected chi connectivity index (χ4v) is 2.47. The van der Waals surface area contributed by atoms with Crippen molar-refractivity contribution in [3.05, 3.63) is 35.4 Å². The molecule has 1 aliphatic rings. The fourth-order valence-electron chi connectivity index (χ4n) is 2.47. The summed E-state index contributed by atoms with van der Waals surface area (Å²) in [5.74, 6) is 0.173. The molecule has 4 nitrogen and oxygen atoms in total. The number of aliphatic imine (C=N–C) groups is 1. The maximum atomic E-state index is 5.45. The highest BCUT2D eigenvalue weighted by Gasteiger charge is 2.22. The summed E-state index contributed by atoms with van der Waals surface area (Å²) in [5, 5.41) is 0. The van der Waals surface area contributed by atoms with Crippen molar-refractivity contribution in [1.29, 1.82) is 0 Å². The van der Waals surface area contributed by atoms with Crippen molar-refractivity contribution >= 4 is 29.9 Å². The lowest BCUT2D eigenvalue weighted by Crippen LogP contribution is -2.30. The topological polar surface area (TPSA) is 67.6 Å². The van der Waals surface area contributed by atoms with Gasteiger partial charge in [-0.15, -0.1) is 24.0 Å². The molecule has 19 heavy (non-hydrogen) atoms. The molecule has 2 rings (SSSR count). The van der Waals surface area contributed by atoms with Gasteiger partial charge >= 0.3 is 0 Å². The maximum absolute atomic E-state index is 5.45. The van der Waals surface area contributed by atoms with Crippen molar-refractivity contribution in [2.24, 2.45) is 16.5 Å². The van der Waals surface area contributed by atoms with Gasteiger partial charge in [-0.3, -0.25) is 9.89 Å². The van der Waals surface area contributed by atoms with Crippen LogP contribution >= 0.6 is 24.0 Å². The zero-order valence-corrected chi connectivity index (χ0v) is 13.7. The normalized spacial score (nSPS) is 16.7. The predicted octanol–water partition coefficient (Wildman–Crippen LogP) is 2.02. The molecule has 0 saturated carbocycles. The van der Waals surface area contributed by atoms with Gasteiger partial charge in [0.05, 0.1) is 12.6 Å². The van der Waals surface area contributed by atoms with E-state index in [1.807, 2.05) is 0 Å². The van der Waals surface area contributed by atoms with Crippen LogP contribution in [0.1, 0.15) is 30.0 Å². The summed E-state index contributed by atoms with van der Waals surface area (Å²) in [5.41, 5.74) is 13.5. The summed E-state index contributed by atoms with van der Waals surface area (Å²) in [6.07, 6.45) is 2.54. The van der Waals surface area contributed by atoms with E-state index in [4.69, 9.17) is 11.5 Å². The van der Waals surface area contributed by atoms with Crippen molar-refractivity contribution in [2.45, 2.75) is 25.8 Å². The molecule has 1 aliphatic heterocycles. The zero-order chi connectivity index (χ0) is 13.0. The summed E-state index contributed by atoms with van der Waals surface area (Å²) in [6.45, 7) is 5.02. The van der Waals surface area contributed by atoms with Gasteiger partial charge < -0.3 is 11.5 Å². The SMILES string of the molecule is Cc1ccc(C(CN=C(N)N)N2CCCC2)cc1.I. The van der Waals surface area contributed by atoms with Gasteiger partial charge in [0.1, 0.15) is 0 Å². The van der Waals surface area contributed by atoms with Crippen molar-refractivity contribution in [1.82, 2.24) is 4.90 Å². The van der Waals surface area contributed by atoms with Crippen LogP contribution in [0.5, 0.6) is 0 Å². The monoisotopic (exact) mass is 374 g/mol. The third kappa shape index (κ3) is 4.65. The van der Waals surface area contributed by atoms with Crippen molar-refractivity contribution in [2.75, 3.05) is 19.6 Å². The molecule has 4 N–H and O–H groups in total. The van der Waals surface area contributed by atoms with E-state index in [2.05, 4.69) is 41.1 Å². The molecular formula is C14H23IN4. The van der Waals surface area contributed by atoms with Gasteiger partial charge in [0.2, 0.25) is 0 Å². The van der Waals surface area contributed by atoms with Crippen LogP contribution in [0.2, 0.25) is 0 Å². The second kappa shape index (κ2) is 7.69. The number of nitrogens with two attached hydrogens (primary N) is 2. The molecule has 1 fully saturated rings. The molecule has 1 saturated heterocycles. The Morgan fingerprint density at radius 2 is 1.79 bits per heavy atom. The van der Waals surface area contributed by atoms with Crippen molar-refractivity contribution < 1.29 is 0 Å². The Hall–Kier alpha value is -0.820. The third-order valence-corrected chi connectivity index (χ3v) is 3.49. The van der Waals surface area contributed by atoms with Gasteiger partial charge in [-0.1, -0.05) is 29.8 Å². The summed E-state index contributed by atoms with van der Waals surface area (Å²) in [6, 6.07) is 8.96. The van der Waals surface area contributed by atoms with E-state index in [1.165, 1.54) is 24.0 Å². The van der Waals surface area contributed by atoms with Crippen LogP contribution in [-0.4, -0.2) is 30.5 Å². The van der Waals surface area contributed by atoms with Gasteiger partial charge in [-0.05, 0) is 38.4 Å². The molecule has 1 heterocycles. The predicted molar refractivity (Wildman–Crippen MR) is 90.8 cm³/mol. The molecule has 1 aromatic carbocycles. The largest absolute Gasteiger partial charge is 0.370 e. The van der Waals surface area contributed by atoms with Crippen LogP contribution in [0.4, 0.5) is 0 Å². The van der Waals surface area contributed by atoms with Crippen LogP contribution in [-0.2, 0) is 0 Å². The average Bonchev–Trinajstić information content (AvgIpc) is 2.85. The summed E-state index contributed by atoms with van der Waals surface area (Å²) < 4.78 is 0. The minimum Gasteiger partial charge on any atom is -0.370 e. The second-order valence-corrected chi connectivity index (χ2v) is 4.94. The van der Waals surface area contributed by atoms with Crippen LogP contribution in [0.25, 0.3) is 0 Å². The zero-order valence-electron chi connectivity index (χ0n) is 11.4. The molecule has 0 amide bonds. The number of hydrogen-bond donors (Lipinski definition) is 2. The van der Waals surface area contributed by atoms with E-state index >= 15 is 0 Å². The Morgan fingerprint density at radius 1 is 1.21 bits per heavy atom. The number of rotatable bonds is 4. The average molecular weight is 374 g/mol. The lowest BCUT2D eigenvalue weighted by atomic mass is 10.0. The maximum Gasteiger partial charge on any atom is 0.185 e. The number of likely N-dealkylation sites (tertiary alicyclic amines) is 1.